The fourth-order valence-corrected chi connectivity index (χ4v) is 3.56. The van der Waals surface area contributed by atoms with Crippen LogP contribution in [0.2, 0.25) is 0 Å². The number of nitrogens with zero attached hydrogens (tertiary/aromatic N) is 1. The van der Waals surface area contributed by atoms with Gasteiger partial charge in [0, 0.05) is 30.6 Å². The first-order valence-corrected chi connectivity index (χ1v) is 8.10. The number of carboxylic acids is 1. The fourth-order valence-electron chi connectivity index (χ4n) is 2.24. The van der Waals surface area contributed by atoms with Crippen LogP contribution in [0.1, 0.15) is 2.74 Å². The molecular formula is C15H18N2O5S. The molecule has 0 amide bonds. The smallest absolute Gasteiger partial charge is 0.324 e. The van der Waals surface area contributed by atoms with Crippen LogP contribution in [0.3, 0.4) is 0 Å². The number of hydrogen-bond donors (Lipinski definition) is 3. The second kappa shape index (κ2) is 6.53. The Morgan fingerprint density at radius 3 is 2.43 bits per heavy atom. The molecule has 0 aliphatic carbocycles. The average Bonchev–Trinajstić information content (AvgIpc) is 2.50. The number of anilines is 1. The van der Waals surface area contributed by atoms with E-state index in [1.807, 2.05) is 0 Å². The highest BCUT2D eigenvalue weighted by Gasteiger charge is 2.26. The van der Waals surface area contributed by atoms with Crippen molar-refractivity contribution in [2.24, 2.45) is 0 Å². The van der Waals surface area contributed by atoms with Crippen LogP contribution in [0.15, 0.2) is 41.3 Å². The average molecular weight is 342 g/mol. The summed E-state index contributed by atoms with van der Waals surface area (Å²) in [5.74, 6) is -1.83. The number of carboxylic acid groups (broad SMARTS) is 1. The Kier molecular flexibility index (Phi) is 4.10. The molecule has 0 bridgehead atoms. The Labute approximate surface area is 137 Å². The van der Waals surface area contributed by atoms with Crippen molar-refractivity contribution >= 4 is 32.5 Å². The highest BCUT2D eigenvalue weighted by atomic mass is 32.2. The number of benzene rings is 2. The molecule has 0 aliphatic rings. The molecular weight excluding hydrogens is 320 g/mol. The van der Waals surface area contributed by atoms with Gasteiger partial charge in [0.2, 0.25) is 10.0 Å². The van der Waals surface area contributed by atoms with Crippen molar-refractivity contribution in [2.45, 2.75) is 10.9 Å². The minimum absolute atomic E-state index is 0.204. The minimum Gasteiger partial charge on any atom is -0.480 e. The Balaban J connectivity index is 2.61. The second-order valence-electron chi connectivity index (χ2n) is 5.04. The SMILES string of the molecule is [3H]C([3H])(O)[C@H](NS(=O)(=O)c1cccc2c(N(C)C)cccc12)C(=O)O. The van der Waals surface area contributed by atoms with Crippen molar-refractivity contribution in [3.8, 4) is 0 Å². The van der Waals surface area contributed by atoms with E-state index in [-0.39, 0.29) is 4.90 Å². The highest BCUT2D eigenvalue weighted by molar-refractivity contribution is 7.89. The normalized spacial score (nSPS) is 14.9. The molecule has 0 spiro atoms. The van der Waals surface area contributed by atoms with E-state index in [4.69, 9.17) is 7.85 Å². The van der Waals surface area contributed by atoms with Crippen LogP contribution in [0.4, 0.5) is 5.69 Å². The number of fused-ring (bicyclic) bond motifs is 1. The van der Waals surface area contributed by atoms with E-state index in [1.165, 1.54) is 12.1 Å². The first kappa shape index (κ1) is 14.4. The third-order valence-corrected chi connectivity index (χ3v) is 4.76. The van der Waals surface area contributed by atoms with Gasteiger partial charge in [0.25, 0.3) is 0 Å². The number of hydrogen-bond acceptors (Lipinski definition) is 5. The molecule has 1 atom stereocenters. The molecule has 3 N–H and O–H groups in total. The number of aliphatic carboxylic acids is 1. The molecule has 7 nitrogen and oxygen atoms in total. The maximum absolute atomic E-state index is 12.6. The molecule has 124 valence electrons. The molecule has 0 radical (unpaired) electrons. The van der Waals surface area contributed by atoms with E-state index in [1.54, 1.807) is 48.0 Å². The summed E-state index contributed by atoms with van der Waals surface area (Å²) in [6, 6.07) is 7.22. The van der Waals surface area contributed by atoms with Crippen LogP contribution >= 0.6 is 0 Å². The van der Waals surface area contributed by atoms with E-state index in [9.17, 15) is 18.3 Å². The van der Waals surface area contributed by atoms with E-state index >= 15 is 0 Å². The van der Waals surface area contributed by atoms with Crippen molar-refractivity contribution in [1.82, 2.24) is 4.72 Å². The summed E-state index contributed by atoms with van der Waals surface area (Å²) in [5, 5.41) is 19.3. The summed E-state index contributed by atoms with van der Waals surface area (Å²) in [7, 11) is -0.805. The van der Waals surface area contributed by atoms with Crippen LogP contribution in [0.25, 0.3) is 10.8 Å². The van der Waals surface area contributed by atoms with Crippen molar-refractivity contribution in [3.63, 3.8) is 0 Å². The van der Waals surface area contributed by atoms with Crippen molar-refractivity contribution < 1.29 is 26.2 Å². The maximum Gasteiger partial charge on any atom is 0.324 e. The molecule has 0 aliphatic heterocycles. The van der Waals surface area contributed by atoms with Gasteiger partial charge in [0.05, 0.1) is 14.2 Å². The standard InChI is InChI=1S/C15H18N2O5S/c1-17(2)13-7-3-6-11-10(13)5-4-8-14(11)23(21,22)16-12(9-18)15(19)20/h3-8,12,16,18H,9H2,1-2H3,(H,19,20)/t12-/m0/s1/i9T2. The van der Waals surface area contributed by atoms with Gasteiger partial charge < -0.3 is 15.1 Å². The summed E-state index contributed by atoms with van der Waals surface area (Å²) >= 11 is 0. The van der Waals surface area contributed by atoms with Gasteiger partial charge in [-0.25, -0.2) is 8.42 Å². The zero-order valence-electron chi connectivity index (χ0n) is 14.5. The number of carbonyl (C=O) groups is 1. The Morgan fingerprint density at radius 2 is 1.87 bits per heavy atom. The molecule has 2 aromatic carbocycles. The number of rotatable bonds is 6. The molecule has 0 aromatic heterocycles. The second-order valence-corrected chi connectivity index (χ2v) is 6.73. The van der Waals surface area contributed by atoms with Gasteiger partial charge in [-0.1, -0.05) is 24.3 Å². The van der Waals surface area contributed by atoms with Gasteiger partial charge in [-0.05, 0) is 12.1 Å². The summed E-state index contributed by atoms with van der Waals surface area (Å²) < 4.78 is 41.2. The van der Waals surface area contributed by atoms with Crippen molar-refractivity contribution in [2.75, 3.05) is 25.6 Å². The highest BCUT2D eigenvalue weighted by Crippen LogP contribution is 2.30. The van der Waals surface area contributed by atoms with Crippen LogP contribution in [-0.2, 0) is 14.8 Å². The van der Waals surface area contributed by atoms with Gasteiger partial charge in [-0.2, -0.15) is 4.72 Å². The van der Waals surface area contributed by atoms with E-state index in [0.29, 0.717) is 10.8 Å². The first-order valence-electron chi connectivity index (χ1n) is 7.62. The lowest BCUT2D eigenvalue weighted by Crippen LogP contribution is -2.43. The lowest BCUT2D eigenvalue weighted by molar-refractivity contribution is -0.139. The molecule has 0 heterocycles. The van der Waals surface area contributed by atoms with Gasteiger partial charge in [-0.15, -0.1) is 0 Å². The van der Waals surface area contributed by atoms with Gasteiger partial charge in [-0.3, -0.25) is 4.79 Å². The van der Waals surface area contributed by atoms with Gasteiger partial charge >= 0.3 is 5.97 Å². The quantitative estimate of drug-likeness (QED) is 0.711. The zero-order chi connectivity index (χ0) is 19.0. The molecule has 0 saturated heterocycles. The predicted octanol–water partition coefficient (Wildman–Crippen LogP) is 0.630. The third kappa shape index (κ3) is 3.44. The lowest BCUT2D eigenvalue weighted by atomic mass is 10.1. The summed E-state index contributed by atoms with van der Waals surface area (Å²) in [4.78, 5) is 12.7. The number of sulfonamides is 1. The predicted molar refractivity (Wildman–Crippen MR) is 87.1 cm³/mol. The molecule has 0 fully saturated rings. The fraction of sp³-hybridized carbons (Fsp3) is 0.267. The largest absolute Gasteiger partial charge is 0.480 e. The van der Waals surface area contributed by atoms with E-state index in [0.717, 1.165) is 5.69 Å². The number of nitrogens with one attached hydrogen (secondary N) is 1. The Bertz CT molecular complexity index is 910. The summed E-state index contributed by atoms with van der Waals surface area (Å²) in [5.41, 5.74) is 0.766. The number of aliphatic hydroxyl groups is 1. The molecule has 0 unspecified atom stereocenters. The molecule has 8 heteroatoms. The summed E-state index contributed by atoms with van der Waals surface area (Å²) in [6.45, 7) is -3.27. The molecule has 0 saturated carbocycles. The lowest BCUT2D eigenvalue weighted by Gasteiger charge is -2.18. The Morgan fingerprint density at radius 1 is 1.26 bits per heavy atom. The van der Waals surface area contributed by atoms with E-state index < -0.39 is 28.6 Å². The van der Waals surface area contributed by atoms with E-state index in [2.05, 4.69) is 0 Å². The van der Waals surface area contributed by atoms with Crippen LogP contribution < -0.4 is 9.62 Å². The van der Waals surface area contributed by atoms with Gasteiger partial charge in [0.15, 0.2) is 0 Å². The summed E-state index contributed by atoms with van der Waals surface area (Å²) in [6.07, 6.45) is 0. The van der Waals surface area contributed by atoms with Crippen LogP contribution in [0.5, 0.6) is 0 Å². The molecule has 2 rings (SSSR count). The first-order chi connectivity index (χ1) is 11.4. The minimum atomic E-state index is -4.41. The maximum atomic E-state index is 12.6. The topological polar surface area (TPSA) is 107 Å². The van der Waals surface area contributed by atoms with Crippen LogP contribution in [0, 0.1) is 0 Å². The monoisotopic (exact) mass is 342 g/mol. The Hall–Kier alpha value is -2.16. The van der Waals surface area contributed by atoms with Crippen molar-refractivity contribution in [3.05, 3.63) is 36.4 Å². The molecule has 2 aromatic rings. The van der Waals surface area contributed by atoms with Gasteiger partial charge in [0.1, 0.15) is 6.04 Å². The molecule has 23 heavy (non-hydrogen) atoms. The van der Waals surface area contributed by atoms with Crippen LogP contribution in [-0.4, -0.2) is 51.3 Å². The third-order valence-electron chi connectivity index (χ3n) is 3.28. The van der Waals surface area contributed by atoms with Crippen molar-refractivity contribution in [1.29, 1.82) is 0 Å². The zero-order valence-corrected chi connectivity index (χ0v) is 13.3.